The van der Waals surface area contributed by atoms with Gasteiger partial charge in [0.1, 0.15) is 0 Å². The predicted octanol–water partition coefficient (Wildman–Crippen LogP) is 4.74. The summed E-state index contributed by atoms with van der Waals surface area (Å²) in [5.41, 5.74) is 0.480. The van der Waals surface area contributed by atoms with E-state index >= 15 is 0 Å². The molecule has 1 aliphatic rings. The van der Waals surface area contributed by atoms with Gasteiger partial charge in [0.05, 0.1) is 31.4 Å². The maximum absolute atomic E-state index is 12.7. The molecule has 0 saturated carbocycles. The molecular formula is C19H18Cl3N3O5S. The molecule has 12 heteroatoms. The zero-order valence-corrected chi connectivity index (χ0v) is 19.1. The summed E-state index contributed by atoms with van der Waals surface area (Å²) >= 11 is 17.8. The average molecular weight is 507 g/mol. The Labute approximate surface area is 194 Å². The monoisotopic (exact) mass is 505 g/mol. The fraction of sp³-hybridized carbons (Fsp3) is 0.316. The highest BCUT2D eigenvalue weighted by Crippen LogP contribution is 2.29. The van der Waals surface area contributed by atoms with Crippen LogP contribution in [-0.2, 0) is 20.6 Å². The molecule has 1 aliphatic heterocycles. The highest BCUT2D eigenvalue weighted by atomic mass is 35.5. The summed E-state index contributed by atoms with van der Waals surface area (Å²) in [6.07, 6.45) is 0.637. The molecule has 3 rings (SSSR count). The van der Waals surface area contributed by atoms with Crippen molar-refractivity contribution in [3.05, 3.63) is 67.1 Å². The van der Waals surface area contributed by atoms with Gasteiger partial charge in [0, 0.05) is 31.1 Å². The zero-order chi connectivity index (χ0) is 22.8. The normalized spacial score (nSPS) is 15.6. The van der Waals surface area contributed by atoms with E-state index in [1.54, 1.807) is 12.1 Å². The molecular weight excluding hydrogens is 489 g/mol. The van der Waals surface area contributed by atoms with Gasteiger partial charge >= 0.3 is 0 Å². The lowest BCUT2D eigenvalue weighted by molar-refractivity contribution is -0.384. The predicted molar refractivity (Wildman–Crippen MR) is 120 cm³/mol. The number of nitro groups is 1. The summed E-state index contributed by atoms with van der Waals surface area (Å²) in [6, 6.07) is 8.45. The number of nitrogens with zero attached hydrogens (tertiary/aromatic N) is 2. The van der Waals surface area contributed by atoms with Gasteiger partial charge in [0.15, 0.2) is 0 Å². The molecule has 2 aromatic rings. The van der Waals surface area contributed by atoms with Gasteiger partial charge in [-0.3, -0.25) is 14.9 Å². The van der Waals surface area contributed by atoms with Crippen LogP contribution in [0.3, 0.4) is 0 Å². The first-order chi connectivity index (χ1) is 14.6. The van der Waals surface area contributed by atoms with E-state index in [0.717, 1.165) is 0 Å². The third-order valence-electron chi connectivity index (χ3n) is 4.97. The van der Waals surface area contributed by atoms with Crippen LogP contribution in [0, 0.1) is 16.0 Å². The van der Waals surface area contributed by atoms with Crippen LogP contribution >= 0.6 is 34.8 Å². The fourth-order valence-electron chi connectivity index (χ4n) is 3.28. The minimum atomic E-state index is -3.59. The number of sulfonamides is 1. The van der Waals surface area contributed by atoms with Crippen molar-refractivity contribution in [2.24, 2.45) is 5.92 Å². The lowest BCUT2D eigenvalue weighted by Gasteiger charge is -2.30. The molecule has 0 spiro atoms. The number of halogens is 3. The lowest BCUT2D eigenvalue weighted by Crippen LogP contribution is -2.41. The summed E-state index contributed by atoms with van der Waals surface area (Å²) in [5, 5.41) is 14.3. The van der Waals surface area contributed by atoms with Gasteiger partial charge in [-0.05, 0) is 36.6 Å². The van der Waals surface area contributed by atoms with Crippen LogP contribution in [-0.4, -0.2) is 36.6 Å². The molecule has 1 saturated heterocycles. The maximum Gasteiger partial charge on any atom is 0.271 e. The molecule has 31 heavy (non-hydrogen) atoms. The average Bonchev–Trinajstić information content (AvgIpc) is 2.72. The third kappa shape index (κ3) is 5.87. The van der Waals surface area contributed by atoms with E-state index in [0.29, 0.717) is 23.4 Å². The van der Waals surface area contributed by atoms with E-state index in [1.807, 2.05) is 0 Å². The van der Waals surface area contributed by atoms with Crippen molar-refractivity contribution in [1.29, 1.82) is 0 Å². The first-order valence-electron chi connectivity index (χ1n) is 9.23. The summed E-state index contributed by atoms with van der Waals surface area (Å²) < 4.78 is 26.8. The van der Waals surface area contributed by atoms with Crippen LogP contribution in [0.5, 0.6) is 0 Å². The second-order valence-electron chi connectivity index (χ2n) is 7.09. The van der Waals surface area contributed by atoms with Gasteiger partial charge in [-0.2, -0.15) is 0 Å². The van der Waals surface area contributed by atoms with Crippen molar-refractivity contribution in [1.82, 2.24) is 4.31 Å². The Hall–Kier alpha value is -1.91. The number of benzene rings is 2. The molecule has 0 aromatic heterocycles. The van der Waals surface area contributed by atoms with Crippen LogP contribution < -0.4 is 5.32 Å². The number of anilines is 1. The van der Waals surface area contributed by atoms with Crippen molar-refractivity contribution in [2.75, 3.05) is 18.4 Å². The van der Waals surface area contributed by atoms with E-state index in [4.69, 9.17) is 34.8 Å². The maximum atomic E-state index is 12.7. The van der Waals surface area contributed by atoms with Crippen LogP contribution in [0.15, 0.2) is 36.4 Å². The standard InChI is InChI=1S/C19H18Cl3N3O5S/c20-15-3-1-12(9-17(15)22)11-31(29,30)24-7-5-13(6-8-24)19(26)23-18-10-14(25(27)28)2-4-16(18)21/h1-4,9-10,13H,5-8,11H2,(H,23,26). The minimum absolute atomic E-state index is 0.149. The van der Waals surface area contributed by atoms with Gasteiger partial charge in [-0.1, -0.05) is 40.9 Å². The Morgan fingerprint density at radius 2 is 1.71 bits per heavy atom. The van der Waals surface area contributed by atoms with Gasteiger partial charge in [-0.25, -0.2) is 12.7 Å². The molecule has 0 aliphatic carbocycles. The minimum Gasteiger partial charge on any atom is -0.324 e. The van der Waals surface area contributed by atoms with E-state index in [-0.39, 0.29) is 46.2 Å². The number of non-ortho nitro benzene ring substituents is 1. The summed E-state index contributed by atoms with van der Waals surface area (Å²) in [6.45, 7) is 0.370. The molecule has 1 N–H and O–H groups in total. The third-order valence-corrected chi connectivity index (χ3v) is 7.89. The molecule has 8 nitrogen and oxygen atoms in total. The van der Waals surface area contributed by atoms with Crippen LogP contribution in [0.2, 0.25) is 15.1 Å². The summed E-state index contributed by atoms with van der Waals surface area (Å²) in [5.74, 6) is -1.01. The summed E-state index contributed by atoms with van der Waals surface area (Å²) in [4.78, 5) is 22.9. The molecule has 2 aromatic carbocycles. The van der Waals surface area contributed by atoms with E-state index in [9.17, 15) is 23.3 Å². The molecule has 0 unspecified atom stereocenters. The molecule has 0 radical (unpaired) electrons. The van der Waals surface area contributed by atoms with Gasteiger partial charge in [-0.15, -0.1) is 0 Å². The van der Waals surface area contributed by atoms with Crippen molar-refractivity contribution in [3.63, 3.8) is 0 Å². The number of hydrogen-bond acceptors (Lipinski definition) is 5. The van der Waals surface area contributed by atoms with Crippen molar-refractivity contribution in [2.45, 2.75) is 18.6 Å². The quantitative estimate of drug-likeness (QED) is 0.450. The number of nitrogens with one attached hydrogen (secondary N) is 1. The first kappa shape index (κ1) is 23.7. The molecule has 0 atom stereocenters. The number of rotatable bonds is 6. The number of carbonyl (C=O) groups excluding carboxylic acids is 1. The topological polar surface area (TPSA) is 110 Å². The van der Waals surface area contributed by atoms with Crippen LogP contribution in [0.1, 0.15) is 18.4 Å². The Bertz CT molecular complexity index is 1120. The Morgan fingerprint density at radius 3 is 2.32 bits per heavy atom. The molecule has 1 amide bonds. The van der Waals surface area contributed by atoms with E-state index in [1.165, 1.54) is 28.6 Å². The van der Waals surface area contributed by atoms with Gasteiger partial charge in [0.25, 0.3) is 5.69 Å². The molecule has 0 bridgehead atoms. The van der Waals surface area contributed by atoms with Crippen molar-refractivity contribution >= 4 is 62.1 Å². The largest absolute Gasteiger partial charge is 0.324 e. The molecule has 1 fully saturated rings. The fourth-order valence-corrected chi connectivity index (χ4v) is 5.32. The number of nitro benzene ring substituents is 1. The molecule has 166 valence electrons. The smallest absolute Gasteiger partial charge is 0.271 e. The van der Waals surface area contributed by atoms with Crippen LogP contribution in [0.25, 0.3) is 0 Å². The second-order valence-corrected chi connectivity index (χ2v) is 10.3. The number of carbonyl (C=O) groups is 1. The Balaban J connectivity index is 1.61. The van der Waals surface area contributed by atoms with Crippen molar-refractivity contribution in [3.8, 4) is 0 Å². The molecule has 1 heterocycles. The Morgan fingerprint density at radius 1 is 1.06 bits per heavy atom. The first-order valence-corrected chi connectivity index (χ1v) is 12.0. The highest BCUT2D eigenvalue weighted by molar-refractivity contribution is 7.88. The van der Waals surface area contributed by atoms with E-state index in [2.05, 4.69) is 5.32 Å². The summed E-state index contributed by atoms with van der Waals surface area (Å²) in [7, 11) is -3.59. The Kier molecular flexibility index (Phi) is 7.43. The SMILES string of the molecule is O=C(Nc1cc([N+](=O)[O-])ccc1Cl)C1CCN(S(=O)(=O)Cc2ccc(Cl)c(Cl)c2)CC1. The lowest BCUT2D eigenvalue weighted by atomic mass is 9.97. The van der Waals surface area contributed by atoms with E-state index < -0.39 is 20.9 Å². The number of piperidine rings is 1. The van der Waals surface area contributed by atoms with Crippen molar-refractivity contribution < 1.29 is 18.1 Å². The van der Waals surface area contributed by atoms with Gasteiger partial charge in [0.2, 0.25) is 15.9 Å². The second kappa shape index (κ2) is 9.70. The highest BCUT2D eigenvalue weighted by Gasteiger charge is 2.31. The van der Waals surface area contributed by atoms with Crippen LogP contribution in [0.4, 0.5) is 11.4 Å². The zero-order valence-electron chi connectivity index (χ0n) is 16.1. The number of hydrogen-bond donors (Lipinski definition) is 1. The number of amides is 1. The van der Waals surface area contributed by atoms with Gasteiger partial charge < -0.3 is 5.32 Å².